The third-order valence-electron chi connectivity index (χ3n) is 2.41. The molecule has 0 bridgehead atoms. The van der Waals surface area contributed by atoms with Crippen molar-refractivity contribution in [3.8, 4) is 11.1 Å². The Kier molecular flexibility index (Phi) is 3.58. The van der Waals surface area contributed by atoms with Gasteiger partial charge >= 0.3 is 5.97 Å². The van der Waals surface area contributed by atoms with Gasteiger partial charge in [-0.2, -0.15) is 0 Å². The van der Waals surface area contributed by atoms with E-state index in [1.54, 1.807) is 12.1 Å². The highest BCUT2D eigenvalue weighted by molar-refractivity contribution is 6.30. The Hall–Kier alpha value is -1.94. The number of carbonyl (C=O) groups is 1. The zero-order valence-electron chi connectivity index (χ0n) is 9.48. The molecule has 0 saturated heterocycles. The van der Waals surface area contributed by atoms with Gasteiger partial charge in [-0.25, -0.2) is 9.18 Å². The predicted molar refractivity (Wildman–Crippen MR) is 66.0 cm³/mol. The average molecular weight is 266 g/mol. The second-order valence-electron chi connectivity index (χ2n) is 3.58. The first kappa shape index (κ1) is 12.5. The monoisotopic (exact) mass is 265 g/mol. The average Bonchev–Trinajstić information content (AvgIpc) is 2.41. The SMILES string of the molecule is COC(=O)c1cncc(-c2ccc(Cl)c(F)c2)c1. The lowest BCUT2D eigenvalue weighted by Crippen LogP contribution is -2.01. The second-order valence-corrected chi connectivity index (χ2v) is 3.99. The van der Waals surface area contributed by atoms with Gasteiger partial charge in [0.05, 0.1) is 17.7 Å². The van der Waals surface area contributed by atoms with Gasteiger partial charge in [-0.05, 0) is 23.8 Å². The molecule has 5 heteroatoms. The number of hydrogen-bond acceptors (Lipinski definition) is 3. The third-order valence-corrected chi connectivity index (χ3v) is 2.72. The minimum atomic E-state index is -0.516. The molecule has 3 nitrogen and oxygen atoms in total. The second kappa shape index (κ2) is 5.14. The summed E-state index contributed by atoms with van der Waals surface area (Å²) in [6, 6.07) is 5.99. The van der Waals surface area contributed by atoms with Crippen LogP contribution in [0.5, 0.6) is 0 Å². The highest BCUT2D eigenvalue weighted by Crippen LogP contribution is 2.24. The molecule has 0 fully saturated rings. The number of aromatic nitrogens is 1. The number of nitrogens with zero attached hydrogens (tertiary/aromatic N) is 1. The Balaban J connectivity index is 2.44. The summed E-state index contributed by atoms with van der Waals surface area (Å²) < 4.78 is 17.9. The lowest BCUT2D eigenvalue weighted by Gasteiger charge is -2.04. The quantitative estimate of drug-likeness (QED) is 0.782. The molecule has 0 unspecified atom stereocenters. The van der Waals surface area contributed by atoms with Crippen LogP contribution in [0, 0.1) is 5.82 Å². The number of rotatable bonds is 2. The topological polar surface area (TPSA) is 39.2 Å². The van der Waals surface area contributed by atoms with E-state index in [-0.39, 0.29) is 5.02 Å². The Morgan fingerprint density at radius 1 is 1.28 bits per heavy atom. The molecule has 1 aromatic heterocycles. The number of ether oxygens (including phenoxy) is 1. The molecule has 1 heterocycles. The van der Waals surface area contributed by atoms with E-state index in [1.165, 1.54) is 31.6 Å². The van der Waals surface area contributed by atoms with E-state index in [0.717, 1.165) is 0 Å². The summed E-state index contributed by atoms with van der Waals surface area (Å²) in [5, 5.41) is 0.0517. The van der Waals surface area contributed by atoms with Gasteiger partial charge in [-0.15, -0.1) is 0 Å². The van der Waals surface area contributed by atoms with Gasteiger partial charge in [0.1, 0.15) is 5.82 Å². The van der Waals surface area contributed by atoms with Gasteiger partial charge in [0.15, 0.2) is 0 Å². The first-order chi connectivity index (χ1) is 8.61. The van der Waals surface area contributed by atoms with E-state index in [4.69, 9.17) is 11.6 Å². The normalized spacial score (nSPS) is 10.2. The lowest BCUT2D eigenvalue weighted by molar-refractivity contribution is 0.0600. The summed E-state index contributed by atoms with van der Waals surface area (Å²) >= 11 is 5.61. The van der Waals surface area contributed by atoms with Crippen LogP contribution >= 0.6 is 11.6 Å². The zero-order chi connectivity index (χ0) is 13.1. The molecule has 0 spiro atoms. The van der Waals surface area contributed by atoms with Crippen molar-refractivity contribution < 1.29 is 13.9 Å². The predicted octanol–water partition coefficient (Wildman–Crippen LogP) is 3.33. The van der Waals surface area contributed by atoms with Crippen LogP contribution in [0.4, 0.5) is 4.39 Å². The van der Waals surface area contributed by atoms with E-state index < -0.39 is 11.8 Å². The number of esters is 1. The van der Waals surface area contributed by atoms with Crippen molar-refractivity contribution in [1.29, 1.82) is 0 Å². The van der Waals surface area contributed by atoms with Crippen molar-refractivity contribution in [3.63, 3.8) is 0 Å². The summed E-state index contributed by atoms with van der Waals surface area (Å²) in [5.74, 6) is -1.00. The fourth-order valence-electron chi connectivity index (χ4n) is 1.50. The third kappa shape index (κ3) is 2.49. The highest BCUT2D eigenvalue weighted by Gasteiger charge is 2.09. The van der Waals surface area contributed by atoms with E-state index in [2.05, 4.69) is 9.72 Å². The van der Waals surface area contributed by atoms with E-state index in [1.807, 2.05) is 0 Å². The van der Waals surface area contributed by atoms with Crippen LogP contribution in [0.1, 0.15) is 10.4 Å². The van der Waals surface area contributed by atoms with Gasteiger partial charge in [0.2, 0.25) is 0 Å². The number of pyridine rings is 1. The standard InChI is InChI=1S/C13H9ClFNO2/c1-18-13(17)10-4-9(6-16-7-10)8-2-3-11(14)12(15)5-8/h2-7H,1H3. The largest absolute Gasteiger partial charge is 0.465 e. The Labute approximate surface area is 108 Å². The van der Waals surface area contributed by atoms with Crippen LogP contribution in [-0.2, 0) is 4.74 Å². The van der Waals surface area contributed by atoms with E-state index in [0.29, 0.717) is 16.7 Å². The molecular formula is C13H9ClFNO2. The molecule has 2 rings (SSSR count). The van der Waals surface area contributed by atoms with Crippen LogP contribution in [0.2, 0.25) is 5.02 Å². The summed E-state index contributed by atoms with van der Waals surface area (Å²) in [6.07, 6.45) is 2.93. The maximum atomic E-state index is 13.3. The van der Waals surface area contributed by atoms with Crippen LogP contribution in [0.15, 0.2) is 36.7 Å². The first-order valence-electron chi connectivity index (χ1n) is 5.10. The molecule has 0 N–H and O–H groups in total. The minimum Gasteiger partial charge on any atom is -0.465 e. The molecule has 0 radical (unpaired) electrons. The van der Waals surface area contributed by atoms with Crippen molar-refractivity contribution in [3.05, 3.63) is 53.1 Å². The molecule has 1 aromatic carbocycles. The summed E-state index contributed by atoms with van der Waals surface area (Å²) in [6.45, 7) is 0. The van der Waals surface area contributed by atoms with Crippen LogP contribution in [-0.4, -0.2) is 18.1 Å². The molecule has 18 heavy (non-hydrogen) atoms. The number of hydrogen-bond donors (Lipinski definition) is 0. The Morgan fingerprint density at radius 2 is 2.06 bits per heavy atom. The van der Waals surface area contributed by atoms with Gasteiger partial charge < -0.3 is 4.74 Å². The molecule has 0 saturated carbocycles. The lowest BCUT2D eigenvalue weighted by atomic mass is 10.1. The molecule has 0 amide bonds. The first-order valence-corrected chi connectivity index (χ1v) is 5.48. The van der Waals surface area contributed by atoms with Crippen molar-refractivity contribution in [2.45, 2.75) is 0 Å². The van der Waals surface area contributed by atoms with E-state index in [9.17, 15) is 9.18 Å². The fraction of sp³-hybridized carbons (Fsp3) is 0.0769. The molecule has 2 aromatic rings. The van der Waals surface area contributed by atoms with Gasteiger partial charge in [-0.1, -0.05) is 17.7 Å². The maximum Gasteiger partial charge on any atom is 0.339 e. The van der Waals surface area contributed by atoms with Gasteiger partial charge in [-0.3, -0.25) is 4.98 Å². The van der Waals surface area contributed by atoms with Crippen molar-refractivity contribution in [2.75, 3.05) is 7.11 Å². The minimum absolute atomic E-state index is 0.0517. The summed E-state index contributed by atoms with van der Waals surface area (Å²) in [4.78, 5) is 15.3. The molecule has 0 aliphatic rings. The smallest absolute Gasteiger partial charge is 0.339 e. The van der Waals surface area contributed by atoms with Crippen molar-refractivity contribution in [2.24, 2.45) is 0 Å². The van der Waals surface area contributed by atoms with Crippen LogP contribution in [0.25, 0.3) is 11.1 Å². The van der Waals surface area contributed by atoms with Gasteiger partial charge in [0.25, 0.3) is 0 Å². The number of benzene rings is 1. The summed E-state index contributed by atoms with van der Waals surface area (Å²) in [5.41, 5.74) is 1.52. The van der Waals surface area contributed by atoms with E-state index >= 15 is 0 Å². The number of carbonyl (C=O) groups excluding carboxylic acids is 1. The molecule has 92 valence electrons. The number of methoxy groups -OCH3 is 1. The van der Waals surface area contributed by atoms with Crippen LogP contribution in [0.3, 0.4) is 0 Å². The molecule has 0 aliphatic carbocycles. The fourth-order valence-corrected chi connectivity index (χ4v) is 1.62. The summed E-state index contributed by atoms with van der Waals surface area (Å²) in [7, 11) is 1.29. The molecule has 0 aliphatic heterocycles. The van der Waals surface area contributed by atoms with Crippen LogP contribution < -0.4 is 0 Å². The van der Waals surface area contributed by atoms with Gasteiger partial charge in [0, 0.05) is 18.0 Å². The number of halogens is 2. The Morgan fingerprint density at radius 3 is 2.72 bits per heavy atom. The molecular weight excluding hydrogens is 257 g/mol. The zero-order valence-corrected chi connectivity index (χ0v) is 10.2. The maximum absolute atomic E-state index is 13.3. The van der Waals surface area contributed by atoms with Crippen molar-refractivity contribution in [1.82, 2.24) is 4.98 Å². The highest BCUT2D eigenvalue weighted by atomic mass is 35.5. The molecule has 0 atom stereocenters. The van der Waals surface area contributed by atoms with Crippen molar-refractivity contribution >= 4 is 17.6 Å². The Bertz CT molecular complexity index is 601.